The minimum absolute atomic E-state index is 0.221. The maximum atomic E-state index is 12.6. The Hall–Kier alpha value is -0.890. The maximum absolute atomic E-state index is 12.6. The zero-order chi connectivity index (χ0) is 12.6. The van der Waals surface area contributed by atoms with Gasteiger partial charge in [0.15, 0.2) is 0 Å². The molecule has 0 aliphatic heterocycles. The van der Waals surface area contributed by atoms with E-state index in [-0.39, 0.29) is 6.61 Å². The van der Waals surface area contributed by atoms with E-state index in [1.807, 2.05) is 18.2 Å². The molecule has 1 aromatic carbocycles. The van der Waals surface area contributed by atoms with Gasteiger partial charge >= 0.3 is 7.60 Å². The average molecular weight is 254 g/mol. The van der Waals surface area contributed by atoms with Gasteiger partial charge < -0.3 is 9.05 Å². The Morgan fingerprint density at radius 2 is 2.00 bits per heavy atom. The van der Waals surface area contributed by atoms with Crippen molar-refractivity contribution in [3.8, 4) is 0 Å². The highest BCUT2D eigenvalue weighted by Crippen LogP contribution is 2.46. The average Bonchev–Trinajstić information content (AvgIpc) is 2.38. The van der Waals surface area contributed by atoms with Crippen LogP contribution in [0, 0.1) is 0 Å². The van der Waals surface area contributed by atoms with E-state index in [1.54, 1.807) is 18.2 Å². The third kappa shape index (κ3) is 4.47. The van der Waals surface area contributed by atoms with Crippen molar-refractivity contribution in [3.05, 3.63) is 43.0 Å². The largest absolute Gasteiger partial charge is 0.361 e. The van der Waals surface area contributed by atoms with Crippen molar-refractivity contribution < 1.29 is 13.6 Å². The lowest BCUT2D eigenvalue weighted by molar-refractivity contribution is 0.225. The lowest BCUT2D eigenvalue weighted by Crippen LogP contribution is -2.10. The molecule has 4 heteroatoms. The van der Waals surface area contributed by atoms with E-state index < -0.39 is 7.60 Å². The molecule has 0 amide bonds. The standard InChI is InChI=1S/C13H19O3P/c1-3-5-12-16-17(14,15-11-4-2)13-9-7-6-8-10-13/h4,6-10H,2-3,5,11-12H2,1H3. The SMILES string of the molecule is C=CCOP(=O)(OCCCC)c1ccccc1. The zero-order valence-electron chi connectivity index (χ0n) is 10.2. The third-order valence-electron chi connectivity index (χ3n) is 2.19. The van der Waals surface area contributed by atoms with Gasteiger partial charge in [0.25, 0.3) is 0 Å². The van der Waals surface area contributed by atoms with Crippen molar-refractivity contribution in [1.82, 2.24) is 0 Å². The fourth-order valence-electron chi connectivity index (χ4n) is 1.28. The first-order valence-electron chi connectivity index (χ1n) is 5.78. The lowest BCUT2D eigenvalue weighted by Gasteiger charge is -2.17. The van der Waals surface area contributed by atoms with Gasteiger partial charge in [0, 0.05) is 0 Å². The molecule has 1 unspecified atom stereocenters. The molecule has 0 aliphatic carbocycles. The fraction of sp³-hybridized carbons (Fsp3) is 0.385. The highest BCUT2D eigenvalue weighted by molar-refractivity contribution is 7.62. The molecule has 0 saturated carbocycles. The molecule has 3 nitrogen and oxygen atoms in total. The van der Waals surface area contributed by atoms with E-state index in [0.717, 1.165) is 12.8 Å². The maximum Gasteiger partial charge on any atom is 0.361 e. The summed E-state index contributed by atoms with van der Waals surface area (Å²) < 4.78 is 23.3. The molecular weight excluding hydrogens is 235 g/mol. The van der Waals surface area contributed by atoms with E-state index in [0.29, 0.717) is 11.9 Å². The first-order valence-corrected chi connectivity index (χ1v) is 7.33. The molecule has 17 heavy (non-hydrogen) atoms. The van der Waals surface area contributed by atoms with Crippen molar-refractivity contribution in [2.45, 2.75) is 19.8 Å². The molecule has 0 N–H and O–H groups in total. The van der Waals surface area contributed by atoms with Crippen LogP contribution < -0.4 is 5.30 Å². The number of unbranched alkanes of at least 4 members (excludes halogenated alkanes) is 1. The number of hydrogen-bond donors (Lipinski definition) is 0. The van der Waals surface area contributed by atoms with E-state index in [9.17, 15) is 4.57 Å². The van der Waals surface area contributed by atoms with Gasteiger partial charge in [-0.3, -0.25) is 4.57 Å². The number of hydrogen-bond acceptors (Lipinski definition) is 3. The summed E-state index contributed by atoms with van der Waals surface area (Å²) in [5.74, 6) is 0. The van der Waals surface area contributed by atoms with Gasteiger partial charge in [-0.25, -0.2) is 0 Å². The van der Waals surface area contributed by atoms with Gasteiger partial charge in [-0.2, -0.15) is 0 Å². The van der Waals surface area contributed by atoms with Gasteiger partial charge in [0.2, 0.25) is 0 Å². The molecule has 0 radical (unpaired) electrons. The van der Waals surface area contributed by atoms with Crippen molar-refractivity contribution in [1.29, 1.82) is 0 Å². The molecule has 0 bridgehead atoms. The second kappa shape index (κ2) is 7.44. The van der Waals surface area contributed by atoms with E-state index in [1.165, 1.54) is 0 Å². The van der Waals surface area contributed by atoms with Crippen LogP contribution in [0.2, 0.25) is 0 Å². The lowest BCUT2D eigenvalue weighted by atomic mass is 10.4. The van der Waals surface area contributed by atoms with Crippen LogP contribution in [-0.4, -0.2) is 13.2 Å². The molecule has 0 saturated heterocycles. The van der Waals surface area contributed by atoms with E-state index in [2.05, 4.69) is 13.5 Å². The number of benzene rings is 1. The summed E-state index contributed by atoms with van der Waals surface area (Å²) in [5, 5.41) is 0.595. The van der Waals surface area contributed by atoms with Crippen LogP contribution >= 0.6 is 7.60 Å². The van der Waals surface area contributed by atoms with Crippen LogP contribution in [0.15, 0.2) is 43.0 Å². The van der Waals surface area contributed by atoms with Gasteiger partial charge in [-0.15, -0.1) is 6.58 Å². The molecule has 0 heterocycles. The van der Waals surface area contributed by atoms with Crippen molar-refractivity contribution >= 4 is 12.9 Å². The Balaban J connectivity index is 2.78. The van der Waals surface area contributed by atoms with Crippen LogP contribution in [0.5, 0.6) is 0 Å². The summed E-state index contributed by atoms with van der Waals surface area (Å²) in [5.41, 5.74) is 0. The topological polar surface area (TPSA) is 35.5 Å². The molecule has 0 aliphatic rings. The first-order chi connectivity index (χ1) is 8.23. The molecule has 1 aromatic rings. The van der Waals surface area contributed by atoms with Gasteiger partial charge in [-0.05, 0) is 18.6 Å². The molecular formula is C13H19O3P. The number of rotatable bonds is 8. The quantitative estimate of drug-likeness (QED) is 0.404. The van der Waals surface area contributed by atoms with Gasteiger partial charge in [-0.1, -0.05) is 37.6 Å². The van der Waals surface area contributed by atoms with E-state index in [4.69, 9.17) is 9.05 Å². The summed E-state index contributed by atoms with van der Waals surface area (Å²) >= 11 is 0. The first kappa shape index (κ1) is 14.2. The monoisotopic (exact) mass is 254 g/mol. The molecule has 0 aromatic heterocycles. The molecule has 1 atom stereocenters. The predicted molar refractivity (Wildman–Crippen MR) is 70.7 cm³/mol. The molecule has 0 spiro atoms. The summed E-state index contributed by atoms with van der Waals surface area (Å²) in [7, 11) is -3.19. The van der Waals surface area contributed by atoms with Gasteiger partial charge in [0.1, 0.15) is 0 Å². The second-order valence-corrected chi connectivity index (χ2v) is 5.63. The highest BCUT2D eigenvalue weighted by atomic mass is 31.2. The van der Waals surface area contributed by atoms with Gasteiger partial charge in [0.05, 0.1) is 18.5 Å². The van der Waals surface area contributed by atoms with Crippen molar-refractivity contribution in [3.63, 3.8) is 0 Å². The fourth-order valence-corrected chi connectivity index (χ4v) is 2.86. The van der Waals surface area contributed by atoms with Crippen LogP contribution in [0.4, 0.5) is 0 Å². The van der Waals surface area contributed by atoms with Crippen LogP contribution in [0.3, 0.4) is 0 Å². The summed E-state index contributed by atoms with van der Waals surface area (Å²) in [6.45, 7) is 6.27. The Kier molecular flexibility index (Phi) is 6.20. The molecule has 0 fully saturated rings. The van der Waals surface area contributed by atoms with Crippen LogP contribution in [-0.2, 0) is 13.6 Å². The minimum atomic E-state index is -3.19. The van der Waals surface area contributed by atoms with Crippen molar-refractivity contribution in [2.75, 3.05) is 13.2 Å². The Morgan fingerprint density at radius 1 is 1.29 bits per heavy atom. The highest BCUT2D eigenvalue weighted by Gasteiger charge is 2.26. The molecule has 94 valence electrons. The van der Waals surface area contributed by atoms with Crippen LogP contribution in [0.1, 0.15) is 19.8 Å². The Morgan fingerprint density at radius 3 is 2.59 bits per heavy atom. The zero-order valence-corrected chi connectivity index (χ0v) is 11.1. The normalized spacial score (nSPS) is 14.2. The Bertz CT molecular complexity index is 376. The summed E-state index contributed by atoms with van der Waals surface area (Å²) in [4.78, 5) is 0. The molecule has 1 rings (SSSR count). The predicted octanol–water partition coefficient (Wildman–Crippen LogP) is 3.52. The Labute approximate surface area is 103 Å². The van der Waals surface area contributed by atoms with Crippen LogP contribution in [0.25, 0.3) is 0 Å². The summed E-state index contributed by atoms with van der Waals surface area (Å²) in [6, 6.07) is 9.03. The minimum Gasteiger partial charge on any atom is -0.305 e. The summed E-state index contributed by atoms with van der Waals surface area (Å²) in [6.07, 6.45) is 3.43. The smallest absolute Gasteiger partial charge is 0.305 e. The van der Waals surface area contributed by atoms with Crippen molar-refractivity contribution in [2.24, 2.45) is 0 Å². The second-order valence-electron chi connectivity index (χ2n) is 3.60. The van der Waals surface area contributed by atoms with E-state index >= 15 is 0 Å². The third-order valence-corrected chi connectivity index (χ3v) is 4.14.